The molecular formula is C14H22O5. The summed E-state index contributed by atoms with van der Waals surface area (Å²) in [5.41, 5.74) is 0. The van der Waals surface area contributed by atoms with Gasteiger partial charge in [0.05, 0.1) is 12.2 Å². The van der Waals surface area contributed by atoms with Crippen LogP contribution in [0.25, 0.3) is 0 Å². The van der Waals surface area contributed by atoms with Gasteiger partial charge in [-0.15, -0.1) is 6.58 Å². The number of esters is 2. The van der Waals surface area contributed by atoms with E-state index in [1.54, 1.807) is 6.08 Å². The average molecular weight is 270 g/mol. The topological polar surface area (TPSA) is 61.8 Å². The minimum atomic E-state index is -0.341. The molecule has 0 aromatic carbocycles. The molecule has 0 spiro atoms. The highest BCUT2D eigenvalue weighted by Crippen LogP contribution is 2.30. The highest BCUT2D eigenvalue weighted by Gasteiger charge is 2.37. The van der Waals surface area contributed by atoms with Crippen LogP contribution in [0.4, 0.5) is 0 Å². The lowest BCUT2D eigenvalue weighted by Gasteiger charge is -2.39. The fraction of sp³-hybridized carbons (Fsp3) is 0.714. The van der Waals surface area contributed by atoms with Crippen molar-refractivity contribution in [2.24, 2.45) is 5.92 Å². The van der Waals surface area contributed by atoms with Crippen molar-refractivity contribution in [2.75, 3.05) is 6.61 Å². The van der Waals surface area contributed by atoms with Crippen molar-refractivity contribution in [2.45, 2.75) is 51.9 Å². The van der Waals surface area contributed by atoms with E-state index in [1.165, 1.54) is 13.8 Å². The molecular weight excluding hydrogens is 248 g/mol. The number of rotatable bonds is 5. The van der Waals surface area contributed by atoms with Crippen LogP contribution in [-0.4, -0.2) is 36.9 Å². The van der Waals surface area contributed by atoms with Crippen molar-refractivity contribution in [1.82, 2.24) is 0 Å². The lowest BCUT2D eigenvalue weighted by molar-refractivity contribution is -0.181. The predicted octanol–water partition coefficient (Wildman–Crippen LogP) is 1.85. The van der Waals surface area contributed by atoms with E-state index in [1.807, 2.05) is 6.92 Å². The van der Waals surface area contributed by atoms with E-state index < -0.39 is 0 Å². The molecule has 1 fully saturated rings. The first-order chi connectivity index (χ1) is 8.93. The van der Waals surface area contributed by atoms with Crippen LogP contribution >= 0.6 is 0 Å². The van der Waals surface area contributed by atoms with Gasteiger partial charge in [-0.1, -0.05) is 13.0 Å². The second-order valence-electron chi connectivity index (χ2n) is 4.87. The van der Waals surface area contributed by atoms with Crippen molar-refractivity contribution in [1.29, 1.82) is 0 Å². The molecule has 108 valence electrons. The van der Waals surface area contributed by atoms with Gasteiger partial charge in [0, 0.05) is 26.2 Å². The number of carbonyl (C=O) groups is 2. The molecule has 4 atom stereocenters. The second-order valence-corrected chi connectivity index (χ2v) is 4.87. The van der Waals surface area contributed by atoms with Gasteiger partial charge in [-0.2, -0.15) is 0 Å². The van der Waals surface area contributed by atoms with Gasteiger partial charge in [0.1, 0.15) is 12.7 Å². The SMILES string of the molecule is C=CC[C@H]1O[C@H](COC(C)=O)C[C@H](OC(C)=O)[C@@H]1C. The Balaban J connectivity index is 2.66. The average Bonchev–Trinajstić information content (AvgIpc) is 2.31. The van der Waals surface area contributed by atoms with Crippen LogP contribution in [0.1, 0.15) is 33.6 Å². The molecule has 0 radical (unpaired) electrons. The second kappa shape index (κ2) is 7.28. The third-order valence-electron chi connectivity index (χ3n) is 3.22. The highest BCUT2D eigenvalue weighted by atomic mass is 16.6. The van der Waals surface area contributed by atoms with E-state index in [0.717, 1.165) is 0 Å². The van der Waals surface area contributed by atoms with Gasteiger partial charge in [0.15, 0.2) is 0 Å². The van der Waals surface area contributed by atoms with E-state index in [-0.39, 0.29) is 42.8 Å². The first-order valence-corrected chi connectivity index (χ1v) is 6.51. The smallest absolute Gasteiger partial charge is 0.302 e. The van der Waals surface area contributed by atoms with Crippen molar-refractivity contribution < 1.29 is 23.8 Å². The molecule has 1 aliphatic heterocycles. The number of ether oxygens (including phenoxy) is 3. The van der Waals surface area contributed by atoms with Gasteiger partial charge in [-0.3, -0.25) is 9.59 Å². The molecule has 0 amide bonds. The van der Waals surface area contributed by atoms with Crippen molar-refractivity contribution in [3.63, 3.8) is 0 Å². The summed E-state index contributed by atoms with van der Waals surface area (Å²) >= 11 is 0. The van der Waals surface area contributed by atoms with E-state index >= 15 is 0 Å². The van der Waals surface area contributed by atoms with Gasteiger partial charge in [-0.05, 0) is 6.42 Å². The lowest BCUT2D eigenvalue weighted by Crippen LogP contribution is -2.46. The maximum absolute atomic E-state index is 11.1. The third kappa shape index (κ3) is 5.03. The molecule has 0 unspecified atom stereocenters. The normalized spacial score (nSPS) is 30.5. The van der Waals surface area contributed by atoms with Gasteiger partial charge in [0.25, 0.3) is 0 Å². The van der Waals surface area contributed by atoms with Crippen LogP contribution in [0.2, 0.25) is 0 Å². The molecule has 1 saturated heterocycles. The van der Waals surface area contributed by atoms with Gasteiger partial charge in [0.2, 0.25) is 0 Å². The van der Waals surface area contributed by atoms with E-state index in [9.17, 15) is 9.59 Å². The summed E-state index contributed by atoms with van der Waals surface area (Å²) in [5.74, 6) is -0.552. The molecule has 1 heterocycles. The molecule has 0 saturated carbocycles. The fourth-order valence-corrected chi connectivity index (χ4v) is 2.26. The summed E-state index contributed by atoms with van der Waals surface area (Å²) in [6.45, 7) is 8.63. The zero-order valence-corrected chi connectivity index (χ0v) is 11.8. The molecule has 0 aromatic rings. The van der Waals surface area contributed by atoms with E-state index in [0.29, 0.717) is 12.8 Å². The summed E-state index contributed by atoms with van der Waals surface area (Å²) in [6, 6.07) is 0. The van der Waals surface area contributed by atoms with Crippen molar-refractivity contribution >= 4 is 11.9 Å². The Morgan fingerprint density at radius 3 is 2.58 bits per heavy atom. The third-order valence-corrected chi connectivity index (χ3v) is 3.22. The number of hydrogen-bond acceptors (Lipinski definition) is 5. The fourth-order valence-electron chi connectivity index (χ4n) is 2.26. The Morgan fingerprint density at radius 1 is 1.37 bits per heavy atom. The van der Waals surface area contributed by atoms with E-state index in [2.05, 4.69) is 6.58 Å². The Kier molecular flexibility index (Phi) is 6.02. The summed E-state index contributed by atoms with van der Waals surface area (Å²) < 4.78 is 16.2. The monoisotopic (exact) mass is 270 g/mol. The van der Waals surface area contributed by atoms with Gasteiger partial charge < -0.3 is 14.2 Å². The first kappa shape index (κ1) is 15.7. The molecule has 1 rings (SSSR count). The van der Waals surface area contributed by atoms with Crippen LogP contribution in [-0.2, 0) is 23.8 Å². The Labute approximate surface area is 113 Å². The predicted molar refractivity (Wildman–Crippen MR) is 69.4 cm³/mol. The van der Waals surface area contributed by atoms with Crippen LogP contribution < -0.4 is 0 Å². The molecule has 0 aromatic heterocycles. The maximum atomic E-state index is 11.1. The first-order valence-electron chi connectivity index (χ1n) is 6.51. The van der Waals surface area contributed by atoms with Crippen LogP contribution in [0.3, 0.4) is 0 Å². The summed E-state index contributed by atoms with van der Waals surface area (Å²) in [6.07, 6.45) is 2.47. The lowest BCUT2D eigenvalue weighted by atomic mass is 9.88. The van der Waals surface area contributed by atoms with Crippen molar-refractivity contribution in [3.05, 3.63) is 12.7 Å². The molecule has 19 heavy (non-hydrogen) atoms. The Bertz CT molecular complexity index is 339. The molecule has 0 aliphatic carbocycles. The number of carbonyl (C=O) groups excluding carboxylic acids is 2. The minimum Gasteiger partial charge on any atom is -0.463 e. The van der Waals surface area contributed by atoms with Crippen LogP contribution in [0.5, 0.6) is 0 Å². The van der Waals surface area contributed by atoms with Crippen LogP contribution in [0.15, 0.2) is 12.7 Å². The summed E-state index contributed by atoms with van der Waals surface area (Å²) in [4.78, 5) is 22.0. The zero-order chi connectivity index (χ0) is 14.4. The van der Waals surface area contributed by atoms with Crippen molar-refractivity contribution in [3.8, 4) is 0 Å². The Morgan fingerprint density at radius 2 is 2.05 bits per heavy atom. The number of hydrogen-bond donors (Lipinski definition) is 0. The Hall–Kier alpha value is -1.36. The quantitative estimate of drug-likeness (QED) is 0.563. The molecule has 0 bridgehead atoms. The molecule has 5 heteroatoms. The highest BCUT2D eigenvalue weighted by molar-refractivity contribution is 5.66. The molecule has 5 nitrogen and oxygen atoms in total. The zero-order valence-electron chi connectivity index (χ0n) is 11.8. The largest absolute Gasteiger partial charge is 0.463 e. The van der Waals surface area contributed by atoms with Gasteiger partial charge in [-0.25, -0.2) is 0 Å². The maximum Gasteiger partial charge on any atom is 0.302 e. The standard InChI is InChI=1S/C14H22O5/c1-5-6-13-9(2)14(18-11(4)16)7-12(19-13)8-17-10(3)15/h5,9,12-14H,1,6-8H2,2-4H3/t9-,12+,13-,14+/m1/s1. The van der Waals surface area contributed by atoms with Gasteiger partial charge >= 0.3 is 11.9 Å². The van der Waals surface area contributed by atoms with Crippen LogP contribution in [0, 0.1) is 5.92 Å². The summed E-state index contributed by atoms with van der Waals surface area (Å²) in [5, 5.41) is 0. The molecule has 1 aliphatic rings. The summed E-state index contributed by atoms with van der Waals surface area (Å²) in [7, 11) is 0. The minimum absolute atomic E-state index is 0.0730. The van der Waals surface area contributed by atoms with E-state index in [4.69, 9.17) is 14.2 Å². The molecule has 0 N–H and O–H groups in total.